The molecule has 0 amide bonds. The quantitative estimate of drug-likeness (QED) is 0.369. The molecule has 0 radical (unpaired) electrons. The molecule has 32 heavy (non-hydrogen) atoms. The Kier molecular flexibility index (Phi) is 6.20. The Hall–Kier alpha value is -2.55. The molecule has 2 saturated heterocycles. The van der Waals surface area contributed by atoms with Gasteiger partial charge in [-0.05, 0) is 49.1 Å². The van der Waals surface area contributed by atoms with Crippen molar-refractivity contribution in [3.05, 3.63) is 82.4 Å². The number of piperidine rings is 1. The highest BCUT2D eigenvalue weighted by Gasteiger charge is 2.50. The Morgan fingerprint density at radius 2 is 1.88 bits per heavy atom. The lowest BCUT2D eigenvalue weighted by molar-refractivity contribution is -0.387. The van der Waals surface area contributed by atoms with Gasteiger partial charge in [0, 0.05) is 25.8 Å². The monoisotopic (exact) mass is 456 g/mol. The summed E-state index contributed by atoms with van der Waals surface area (Å²) in [5, 5.41) is 11.5. The largest absolute Gasteiger partial charge is 0.373 e. The molecule has 0 aliphatic carbocycles. The number of rotatable bonds is 5. The van der Waals surface area contributed by atoms with Gasteiger partial charge in [-0.3, -0.25) is 10.1 Å². The molecule has 170 valence electrons. The number of hydrogen-bond acceptors (Lipinski definition) is 5. The summed E-state index contributed by atoms with van der Waals surface area (Å²) < 4.78 is 34.6. The number of nitro groups is 1. The summed E-state index contributed by atoms with van der Waals surface area (Å²) in [4.78, 5) is 10.6. The zero-order valence-corrected chi connectivity index (χ0v) is 19.0. The van der Waals surface area contributed by atoms with Crippen LogP contribution in [0.25, 0.3) is 0 Å². The highest BCUT2D eigenvalue weighted by atomic mass is 32.2. The average molecular weight is 457 g/mol. The smallest absolute Gasteiger partial charge is 0.289 e. The van der Waals surface area contributed by atoms with Gasteiger partial charge >= 0.3 is 0 Å². The van der Waals surface area contributed by atoms with Crippen LogP contribution < -0.4 is 0 Å². The second-order valence-electron chi connectivity index (χ2n) is 8.84. The van der Waals surface area contributed by atoms with Crippen LogP contribution in [0.3, 0.4) is 0 Å². The van der Waals surface area contributed by atoms with Crippen molar-refractivity contribution in [3.8, 4) is 0 Å². The summed E-state index contributed by atoms with van der Waals surface area (Å²) in [7, 11) is -4.02. The lowest BCUT2D eigenvalue weighted by atomic mass is 9.63. The Bertz CT molecular complexity index is 1120. The number of para-hydroxylation sites is 1. The van der Waals surface area contributed by atoms with E-state index in [-0.39, 0.29) is 22.3 Å². The maximum atomic E-state index is 13.5. The maximum absolute atomic E-state index is 13.5. The fourth-order valence-corrected chi connectivity index (χ4v) is 7.04. The molecule has 2 aliphatic rings. The van der Waals surface area contributed by atoms with Gasteiger partial charge in [0.25, 0.3) is 5.69 Å². The summed E-state index contributed by atoms with van der Waals surface area (Å²) in [5.74, 6) is 0.162. The molecule has 7 nitrogen and oxygen atoms in total. The van der Waals surface area contributed by atoms with E-state index < -0.39 is 20.6 Å². The first kappa shape index (κ1) is 22.6. The van der Waals surface area contributed by atoms with E-state index in [2.05, 4.69) is 6.58 Å². The minimum absolute atomic E-state index is 0.125. The van der Waals surface area contributed by atoms with Crippen molar-refractivity contribution < 1.29 is 18.1 Å². The molecular formula is C24H28N2O5S. The topological polar surface area (TPSA) is 89.8 Å². The normalized spacial score (nSPS) is 26.7. The highest BCUT2D eigenvalue weighted by molar-refractivity contribution is 7.89. The van der Waals surface area contributed by atoms with Gasteiger partial charge < -0.3 is 4.74 Å². The second-order valence-corrected chi connectivity index (χ2v) is 10.7. The van der Waals surface area contributed by atoms with Gasteiger partial charge in [-0.15, -0.1) is 0 Å². The van der Waals surface area contributed by atoms with Crippen molar-refractivity contribution in [1.82, 2.24) is 4.31 Å². The number of nitrogens with zero attached hydrogens (tertiary/aromatic N) is 2. The minimum atomic E-state index is -4.02. The van der Waals surface area contributed by atoms with Crippen LogP contribution in [0.5, 0.6) is 0 Å². The van der Waals surface area contributed by atoms with Crippen molar-refractivity contribution in [3.63, 3.8) is 0 Å². The lowest BCUT2D eigenvalue weighted by Gasteiger charge is -2.52. The second kappa shape index (κ2) is 8.77. The van der Waals surface area contributed by atoms with Crippen LogP contribution in [0.15, 0.2) is 71.6 Å². The SMILES string of the molecule is C=C(C)[C@H]1CCN(S(=O)(=O)c2ccccc2[N+](=O)[O-])C[C@]12CCO[C@H](c1ccccc1)C2. The van der Waals surface area contributed by atoms with Gasteiger partial charge in [-0.1, -0.05) is 54.6 Å². The first-order valence-corrected chi connectivity index (χ1v) is 12.2. The number of benzene rings is 2. The third kappa shape index (κ3) is 4.10. The van der Waals surface area contributed by atoms with Crippen LogP contribution in [-0.2, 0) is 14.8 Å². The van der Waals surface area contributed by atoms with Crippen molar-refractivity contribution in [1.29, 1.82) is 0 Å². The molecule has 8 heteroatoms. The van der Waals surface area contributed by atoms with Crippen LogP contribution in [-0.4, -0.2) is 37.3 Å². The molecule has 2 aromatic carbocycles. The third-order valence-corrected chi connectivity index (χ3v) is 8.75. The van der Waals surface area contributed by atoms with E-state index in [1.807, 2.05) is 37.3 Å². The van der Waals surface area contributed by atoms with Gasteiger partial charge in [-0.2, -0.15) is 4.31 Å². The van der Waals surface area contributed by atoms with Crippen molar-refractivity contribution in [2.75, 3.05) is 19.7 Å². The Morgan fingerprint density at radius 3 is 2.56 bits per heavy atom. The number of sulfonamides is 1. The van der Waals surface area contributed by atoms with E-state index in [1.165, 1.54) is 28.6 Å². The van der Waals surface area contributed by atoms with Crippen LogP contribution in [0.2, 0.25) is 0 Å². The highest BCUT2D eigenvalue weighted by Crippen LogP contribution is 2.52. The first-order valence-electron chi connectivity index (χ1n) is 10.8. The van der Waals surface area contributed by atoms with E-state index in [0.29, 0.717) is 32.5 Å². The number of nitro benzene ring substituents is 1. The summed E-state index contributed by atoms with van der Waals surface area (Å²) in [6.45, 7) is 7.35. The van der Waals surface area contributed by atoms with Gasteiger partial charge in [-0.25, -0.2) is 8.42 Å². The van der Waals surface area contributed by atoms with Gasteiger partial charge in [0.15, 0.2) is 4.90 Å². The summed E-state index contributed by atoms with van der Waals surface area (Å²) in [6.07, 6.45) is 1.91. The van der Waals surface area contributed by atoms with E-state index in [1.54, 1.807) is 0 Å². The molecule has 0 aromatic heterocycles. The molecule has 4 rings (SSSR count). The zero-order valence-electron chi connectivity index (χ0n) is 18.1. The average Bonchev–Trinajstić information content (AvgIpc) is 2.79. The lowest BCUT2D eigenvalue weighted by Crippen LogP contribution is -2.53. The molecule has 2 heterocycles. The number of ether oxygens (including phenoxy) is 1. The fraction of sp³-hybridized carbons (Fsp3) is 0.417. The molecule has 0 saturated carbocycles. The summed E-state index contributed by atoms with van der Waals surface area (Å²) in [6, 6.07) is 15.5. The van der Waals surface area contributed by atoms with E-state index in [9.17, 15) is 18.5 Å². The van der Waals surface area contributed by atoms with Gasteiger partial charge in [0.1, 0.15) is 0 Å². The number of allylic oxidation sites excluding steroid dienone is 1. The minimum Gasteiger partial charge on any atom is -0.373 e. The standard InChI is InChI=1S/C24H28N2O5S/c1-18(2)20-12-14-25(32(29,30)23-11-7-6-10-21(23)26(27)28)17-24(20)13-15-31-22(16-24)19-8-4-3-5-9-19/h3-11,20,22H,1,12-17H2,2H3/t20-,22+,24-/m1/s1. The van der Waals surface area contributed by atoms with Crippen LogP contribution >= 0.6 is 0 Å². The van der Waals surface area contributed by atoms with E-state index >= 15 is 0 Å². The molecule has 2 aromatic rings. The Morgan fingerprint density at radius 1 is 1.19 bits per heavy atom. The zero-order chi connectivity index (χ0) is 22.9. The summed E-state index contributed by atoms with van der Waals surface area (Å²) in [5.41, 5.74) is 1.39. The van der Waals surface area contributed by atoms with Gasteiger partial charge in [0.05, 0.1) is 11.0 Å². The van der Waals surface area contributed by atoms with Crippen molar-refractivity contribution >= 4 is 15.7 Å². The van der Waals surface area contributed by atoms with Crippen LogP contribution in [0.1, 0.15) is 37.9 Å². The molecule has 3 atom stereocenters. The van der Waals surface area contributed by atoms with Crippen molar-refractivity contribution in [2.45, 2.75) is 37.2 Å². The third-order valence-electron chi connectivity index (χ3n) is 6.85. The molecule has 0 bridgehead atoms. The Balaban J connectivity index is 1.70. The van der Waals surface area contributed by atoms with Crippen LogP contribution in [0, 0.1) is 21.4 Å². The van der Waals surface area contributed by atoms with E-state index in [0.717, 1.165) is 17.6 Å². The molecule has 2 fully saturated rings. The first-order chi connectivity index (χ1) is 15.2. The maximum Gasteiger partial charge on any atom is 0.289 e. The van der Waals surface area contributed by atoms with Gasteiger partial charge in [0.2, 0.25) is 10.0 Å². The molecule has 1 spiro atoms. The molecular weight excluding hydrogens is 428 g/mol. The molecule has 2 aliphatic heterocycles. The number of hydrogen-bond donors (Lipinski definition) is 0. The molecule has 0 unspecified atom stereocenters. The summed E-state index contributed by atoms with van der Waals surface area (Å²) >= 11 is 0. The fourth-order valence-electron chi connectivity index (χ4n) is 5.34. The van der Waals surface area contributed by atoms with E-state index in [4.69, 9.17) is 4.74 Å². The predicted octanol–water partition coefficient (Wildman–Crippen LogP) is 4.72. The molecule has 0 N–H and O–H groups in total. The Labute approximate surface area is 188 Å². The van der Waals surface area contributed by atoms with Crippen LogP contribution in [0.4, 0.5) is 5.69 Å². The van der Waals surface area contributed by atoms with Crippen molar-refractivity contribution in [2.24, 2.45) is 11.3 Å². The predicted molar refractivity (Wildman–Crippen MR) is 122 cm³/mol.